The quantitative estimate of drug-likeness (QED) is 0.568. The molecule has 0 radical (unpaired) electrons. The number of amides is 1. The normalized spacial score (nSPS) is 28.0. The van der Waals surface area contributed by atoms with E-state index in [0.29, 0.717) is 18.3 Å². The van der Waals surface area contributed by atoms with Crippen LogP contribution >= 0.6 is 0 Å². The molecule has 0 aromatic heterocycles. The van der Waals surface area contributed by atoms with Gasteiger partial charge in [0.1, 0.15) is 0 Å². The van der Waals surface area contributed by atoms with Crippen LogP contribution in [0.1, 0.15) is 55.8 Å². The van der Waals surface area contributed by atoms with Crippen molar-refractivity contribution in [3.63, 3.8) is 0 Å². The van der Waals surface area contributed by atoms with E-state index in [0.717, 1.165) is 43.2 Å². The van der Waals surface area contributed by atoms with E-state index >= 15 is 0 Å². The van der Waals surface area contributed by atoms with E-state index in [1.54, 1.807) is 19.0 Å². The van der Waals surface area contributed by atoms with Crippen molar-refractivity contribution in [2.75, 3.05) is 14.1 Å². The number of aliphatic hydroxyl groups is 2. The number of hydrogen-bond donors (Lipinski definition) is 2. The predicted molar refractivity (Wildman–Crippen MR) is 107 cm³/mol. The van der Waals surface area contributed by atoms with Crippen LogP contribution in [-0.2, 0) is 4.79 Å². The lowest BCUT2D eigenvalue weighted by atomic mass is 9.82. The highest BCUT2D eigenvalue weighted by molar-refractivity contribution is 5.75. The second-order valence-electron chi connectivity index (χ2n) is 8.59. The molecule has 1 aromatic carbocycles. The van der Waals surface area contributed by atoms with Crippen molar-refractivity contribution < 1.29 is 15.0 Å². The SMILES string of the molecule is Cc1cccc([C@H](O)[C@@H]2[C@H]3CC(CCCCC(=O)N(C)C)=C[C@H]3C[C@H]2O)c1. The molecule has 2 N–H and O–H groups in total. The number of aliphatic hydroxyl groups excluding tert-OH is 2. The first-order chi connectivity index (χ1) is 12.9. The topological polar surface area (TPSA) is 60.8 Å². The van der Waals surface area contributed by atoms with Crippen LogP contribution in [-0.4, -0.2) is 41.2 Å². The first-order valence-electron chi connectivity index (χ1n) is 10.2. The third-order valence-corrected chi connectivity index (χ3v) is 6.34. The molecule has 1 saturated carbocycles. The summed E-state index contributed by atoms with van der Waals surface area (Å²) in [5.74, 6) is 0.800. The number of nitrogens with zero attached hydrogens (tertiary/aromatic N) is 1. The minimum Gasteiger partial charge on any atom is -0.393 e. The molecule has 0 heterocycles. The minimum absolute atomic E-state index is 0.0964. The van der Waals surface area contributed by atoms with E-state index in [2.05, 4.69) is 6.08 Å². The Hall–Kier alpha value is -1.65. The first-order valence-corrected chi connectivity index (χ1v) is 10.2. The Morgan fingerprint density at radius 2 is 2.07 bits per heavy atom. The van der Waals surface area contributed by atoms with Crippen LogP contribution in [0, 0.1) is 24.7 Å². The van der Waals surface area contributed by atoms with Gasteiger partial charge < -0.3 is 15.1 Å². The van der Waals surface area contributed by atoms with Crippen molar-refractivity contribution in [1.29, 1.82) is 0 Å². The fraction of sp³-hybridized carbons (Fsp3) is 0.609. The summed E-state index contributed by atoms with van der Waals surface area (Å²) >= 11 is 0. The number of rotatable bonds is 7. The molecule has 0 saturated heterocycles. The molecule has 5 atom stereocenters. The maximum absolute atomic E-state index is 11.7. The van der Waals surface area contributed by atoms with Gasteiger partial charge in [-0.3, -0.25) is 4.79 Å². The van der Waals surface area contributed by atoms with E-state index < -0.39 is 12.2 Å². The molecule has 4 heteroatoms. The number of hydrogen-bond acceptors (Lipinski definition) is 3. The number of benzene rings is 1. The number of carbonyl (C=O) groups excluding carboxylic acids is 1. The third kappa shape index (κ3) is 4.61. The van der Waals surface area contributed by atoms with Crippen LogP contribution in [0.4, 0.5) is 0 Å². The minimum atomic E-state index is -0.611. The Kier molecular flexibility index (Phi) is 6.38. The molecule has 0 aliphatic heterocycles. The number of allylic oxidation sites excluding steroid dienone is 2. The van der Waals surface area contributed by atoms with Gasteiger partial charge in [-0.2, -0.15) is 0 Å². The van der Waals surface area contributed by atoms with Gasteiger partial charge in [0, 0.05) is 26.4 Å². The monoisotopic (exact) mass is 371 g/mol. The van der Waals surface area contributed by atoms with Crippen molar-refractivity contribution in [3.05, 3.63) is 47.0 Å². The van der Waals surface area contributed by atoms with Gasteiger partial charge in [0.25, 0.3) is 0 Å². The van der Waals surface area contributed by atoms with Crippen molar-refractivity contribution in [2.24, 2.45) is 17.8 Å². The molecular weight excluding hydrogens is 338 g/mol. The summed E-state index contributed by atoms with van der Waals surface area (Å²) in [5, 5.41) is 21.5. The van der Waals surface area contributed by atoms with Crippen molar-refractivity contribution >= 4 is 5.91 Å². The van der Waals surface area contributed by atoms with Crippen molar-refractivity contribution in [3.8, 4) is 0 Å². The third-order valence-electron chi connectivity index (χ3n) is 6.34. The van der Waals surface area contributed by atoms with Gasteiger partial charge in [-0.15, -0.1) is 0 Å². The van der Waals surface area contributed by atoms with Crippen LogP contribution in [0.15, 0.2) is 35.9 Å². The molecule has 1 amide bonds. The summed E-state index contributed by atoms with van der Waals surface area (Å²) in [5.41, 5.74) is 3.49. The van der Waals surface area contributed by atoms with Gasteiger partial charge >= 0.3 is 0 Å². The smallest absolute Gasteiger partial charge is 0.222 e. The highest BCUT2D eigenvalue weighted by atomic mass is 16.3. The fourth-order valence-corrected chi connectivity index (χ4v) is 4.89. The van der Waals surface area contributed by atoms with Crippen LogP contribution in [0.2, 0.25) is 0 Å². The average Bonchev–Trinajstić information content (AvgIpc) is 3.13. The molecule has 1 aromatic rings. The van der Waals surface area contributed by atoms with Gasteiger partial charge in [0.15, 0.2) is 0 Å². The van der Waals surface area contributed by atoms with Gasteiger partial charge in [-0.25, -0.2) is 0 Å². The number of unbranched alkanes of at least 4 members (excludes halogenated alkanes) is 1. The summed E-state index contributed by atoms with van der Waals surface area (Å²) in [7, 11) is 3.60. The Morgan fingerprint density at radius 3 is 2.78 bits per heavy atom. The lowest BCUT2D eigenvalue weighted by Gasteiger charge is -2.27. The van der Waals surface area contributed by atoms with E-state index in [9.17, 15) is 15.0 Å². The van der Waals surface area contributed by atoms with Crippen LogP contribution in [0.3, 0.4) is 0 Å². The van der Waals surface area contributed by atoms with Gasteiger partial charge in [-0.1, -0.05) is 41.5 Å². The molecule has 1 fully saturated rings. The Morgan fingerprint density at radius 1 is 1.30 bits per heavy atom. The van der Waals surface area contributed by atoms with Crippen molar-refractivity contribution in [1.82, 2.24) is 4.90 Å². The Bertz CT molecular complexity index is 697. The first kappa shape index (κ1) is 20.1. The summed E-state index contributed by atoms with van der Waals surface area (Å²) in [6, 6.07) is 7.99. The second kappa shape index (κ2) is 8.57. The van der Waals surface area contributed by atoms with Crippen LogP contribution in [0.25, 0.3) is 0 Å². The van der Waals surface area contributed by atoms with Crippen molar-refractivity contribution in [2.45, 2.75) is 57.7 Å². The number of aryl methyl sites for hydroxylation is 1. The van der Waals surface area contributed by atoms with E-state index in [4.69, 9.17) is 0 Å². The average molecular weight is 372 g/mol. The second-order valence-corrected chi connectivity index (χ2v) is 8.59. The summed E-state index contributed by atoms with van der Waals surface area (Å²) in [4.78, 5) is 13.3. The van der Waals surface area contributed by atoms with Crippen LogP contribution < -0.4 is 0 Å². The lowest BCUT2D eigenvalue weighted by Crippen LogP contribution is -2.26. The maximum Gasteiger partial charge on any atom is 0.222 e. The molecule has 0 bridgehead atoms. The zero-order valence-corrected chi connectivity index (χ0v) is 16.8. The molecule has 148 valence electrons. The maximum atomic E-state index is 11.7. The largest absolute Gasteiger partial charge is 0.393 e. The predicted octanol–water partition coefficient (Wildman–Crippen LogP) is 3.62. The fourth-order valence-electron chi connectivity index (χ4n) is 4.89. The molecular formula is C23H33NO3. The standard InChI is InChI=1S/C23H33NO3/c1-15-7-6-9-17(11-15)23(27)22-19-13-16(12-18(19)14-20(22)25)8-4-5-10-21(26)24(2)3/h6-7,9,11-12,18-20,22-23,25,27H,4-5,8,10,13-14H2,1-3H3/t18-,19-,20+,22+,23-/m0/s1. The van der Waals surface area contributed by atoms with E-state index in [-0.39, 0.29) is 11.8 Å². The Labute approximate surface area is 162 Å². The zero-order chi connectivity index (χ0) is 19.6. The van der Waals surface area contributed by atoms with Gasteiger partial charge in [-0.05, 0) is 56.4 Å². The van der Waals surface area contributed by atoms with E-state index in [1.807, 2.05) is 31.2 Å². The molecule has 0 unspecified atom stereocenters. The molecule has 27 heavy (non-hydrogen) atoms. The number of fused-ring (bicyclic) bond motifs is 1. The highest BCUT2D eigenvalue weighted by Crippen LogP contribution is 2.51. The van der Waals surface area contributed by atoms with Gasteiger partial charge in [0.2, 0.25) is 5.91 Å². The highest BCUT2D eigenvalue weighted by Gasteiger charge is 2.47. The molecule has 3 rings (SSSR count). The molecule has 2 aliphatic carbocycles. The van der Waals surface area contributed by atoms with Gasteiger partial charge in [0.05, 0.1) is 12.2 Å². The van der Waals surface area contributed by atoms with E-state index in [1.165, 1.54) is 5.57 Å². The summed E-state index contributed by atoms with van der Waals surface area (Å²) in [6.45, 7) is 2.03. The number of carbonyl (C=O) groups is 1. The molecule has 0 spiro atoms. The molecule has 2 aliphatic rings. The summed E-state index contributed by atoms with van der Waals surface area (Å²) < 4.78 is 0. The Balaban J connectivity index is 1.56. The summed E-state index contributed by atoms with van der Waals surface area (Å²) in [6.07, 6.45) is 6.59. The molecule has 4 nitrogen and oxygen atoms in total. The lowest BCUT2D eigenvalue weighted by molar-refractivity contribution is -0.128. The van der Waals surface area contributed by atoms with Crippen LogP contribution in [0.5, 0.6) is 0 Å². The zero-order valence-electron chi connectivity index (χ0n) is 16.8.